The smallest absolute Gasteiger partial charge is 0.419 e. The van der Waals surface area contributed by atoms with Crippen LogP contribution >= 0.6 is 0 Å². The van der Waals surface area contributed by atoms with E-state index >= 15 is 0 Å². The van der Waals surface area contributed by atoms with E-state index in [1.165, 1.54) is 13.2 Å². The molecule has 1 aliphatic heterocycles. The molecule has 0 aliphatic carbocycles. The van der Waals surface area contributed by atoms with Gasteiger partial charge in [-0.1, -0.05) is 12.1 Å². The number of hydrogen-bond donors (Lipinski definition) is 2. The molecule has 1 aromatic carbocycles. The van der Waals surface area contributed by atoms with Crippen molar-refractivity contribution in [2.24, 2.45) is 0 Å². The largest absolute Gasteiger partial charge is 0.496 e. The highest BCUT2D eigenvalue weighted by atomic mass is 19.4. The number of aliphatic hydroxyl groups is 1. The third kappa shape index (κ3) is 2.44. The molecule has 1 fully saturated rings. The fourth-order valence-electron chi connectivity index (χ4n) is 2.08. The maximum atomic E-state index is 12.8. The molecule has 100 valence electrons. The second-order valence-electron chi connectivity index (χ2n) is 4.50. The Morgan fingerprint density at radius 2 is 2.06 bits per heavy atom. The van der Waals surface area contributed by atoms with E-state index in [4.69, 9.17) is 4.74 Å². The van der Waals surface area contributed by atoms with Crippen molar-refractivity contribution >= 4 is 0 Å². The Morgan fingerprint density at radius 1 is 1.39 bits per heavy atom. The van der Waals surface area contributed by atoms with Crippen LogP contribution in [0.15, 0.2) is 18.2 Å². The predicted octanol–water partition coefficient (Wildman–Crippen LogP) is 1.59. The van der Waals surface area contributed by atoms with E-state index in [9.17, 15) is 18.3 Å². The summed E-state index contributed by atoms with van der Waals surface area (Å²) in [6.45, 7) is 0.763. The van der Waals surface area contributed by atoms with E-state index in [0.29, 0.717) is 18.7 Å². The van der Waals surface area contributed by atoms with Crippen LogP contribution in [0.3, 0.4) is 0 Å². The van der Waals surface area contributed by atoms with Gasteiger partial charge >= 0.3 is 6.18 Å². The van der Waals surface area contributed by atoms with Gasteiger partial charge in [0, 0.05) is 19.5 Å². The molecule has 0 amide bonds. The van der Waals surface area contributed by atoms with Crippen molar-refractivity contribution in [2.75, 3.05) is 20.2 Å². The van der Waals surface area contributed by atoms with Gasteiger partial charge in [-0.3, -0.25) is 0 Å². The van der Waals surface area contributed by atoms with Crippen LogP contribution in [0, 0.1) is 0 Å². The minimum atomic E-state index is -4.46. The molecule has 0 radical (unpaired) electrons. The highest BCUT2D eigenvalue weighted by Crippen LogP contribution is 2.39. The summed E-state index contributed by atoms with van der Waals surface area (Å²) in [5.41, 5.74) is -1.41. The third-order valence-electron chi connectivity index (χ3n) is 3.03. The van der Waals surface area contributed by atoms with Crippen LogP contribution in [0.2, 0.25) is 0 Å². The van der Waals surface area contributed by atoms with Crippen molar-refractivity contribution in [3.8, 4) is 5.75 Å². The Bertz CT molecular complexity index is 441. The van der Waals surface area contributed by atoms with Gasteiger partial charge in [-0.25, -0.2) is 0 Å². The first-order chi connectivity index (χ1) is 8.36. The zero-order valence-corrected chi connectivity index (χ0v) is 9.84. The van der Waals surface area contributed by atoms with Crippen molar-refractivity contribution in [1.82, 2.24) is 5.32 Å². The zero-order valence-electron chi connectivity index (χ0n) is 9.84. The molecule has 0 aromatic heterocycles. The predicted molar refractivity (Wildman–Crippen MR) is 59.5 cm³/mol. The van der Waals surface area contributed by atoms with Gasteiger partial charge in [0.15, 0.2) is 0 Å². The molecule has 1 saturated heterocycles. The van der Waals surface area contributed by atoms with E-state index in [-0.39, 0.29) is 12.2 Å². The summed E-state index contributed by atoms with van der Waals surface area (Å²) in [5, 5.41) is 12.9. The summed E-state index contributed by atoms with van der Waals surface area (Å²) in [7, 11) is 1.21. The van der Waals surface area contributed by atoms with Crippen molar-refractivity contribution in [2.45, 2.75) is 18.2 Å². The molecule has 1 aliphatic rings. The molecule has 0 bridgehead atoms. The van der Waals surface area contributed by atoms with Gasteiger partial charge in [-0.15, -0.1) is 0 Å². The van der Waals surface area contributed by atoms with Crippen molar-refractivity contribution in [3.63, 3.8) is 0 Å². The van der Waals surface area contributed by atoms with E-state index in [2.05, 4.69) is 5.32 Å². The number of rotatable bonds is 3. The maximum Gasteiger partial charge on any atom is 0.419 e. The Hall–Kier alpha value is -1.27. The van der Waals surface area contributed by atoms with Gasteiger partial charge in [0.1, 0.15) is 5.75 Å². The summed E-state index contributed by atoms with van der Waals surface area (Å²) in [5.74, 6) is -0.203. The lowest BCUT2D eigenvalue weighted by molar-refractivity contribution is -0.138. The Balaban J connectivity index is 2.35. The second-order valence-corrected chi connectivity index (χ2v) is 4.50. The van der Waals surface area contributed by atoms with Crippen LogP contribution in [-0.4, -0.2) is 30.9 Å². The summed E-state index contributed by atoms with van der Waals surface area (Å²) in [4.78, 5) is 0. The first-order valence-corrected chi connectivity index (χ1v) is 5.52. The Labute approximate surface area is 103 Å². The first-order valence-electron chi connectivity index (χ1n) is 5.52. The molecule has 0 atom stereocenters. The van der Waals surface area contributed by atoms with Crippen molar-refractivity contribution in [1.29, 1.82) is 0 Å². The number of halogens is 3. The third-order valence-corrected chi connectivity index (χ3v) is 3.03. The quantitative estimate of drug-likeness (QED) is 0.868. The summed E-state index contributed by atoms with van der Waals surface area (Å²) in [6, 6.07) is 3.85. The molecule has 2 N–H and O–H groups in total. The van der Waals surface area contributed by atoms with Crippen molar-refractivity contribution in [3.05, 3.63) is 29.3 Å². The number of benzene rings is 1. The number of para-hydroxylation sites is 1. The monoisotopic (exact) mass is 261 g/mol. The van der Waals surface area contributed by atoms with E-state index in [1.54, 1.807) is 6.07 Å². The summed E-state index contributed by atoms with van der Waals surface area (Å²) < 4.78 is 43.2. The number of alkyl halides is 3. The van der Waals surface area contributed by atoms with Gasteiger partial charge in [-0.05, 0) is 11.6 Å². The molecule has 1 heterocycles. The summed E-state index contributed by atoms with van der Waals surface area (Å²) >= 11 is 0. The molecule has 6 heteroatoms. The SMILES string of the molecule is COc1c(CC2(O)CNC2)cccc1C(F)(F)F. The van der Waals surface area contributed by atoms with E-state index < -0.39 is 17.3 Å². The highest BCUT2D eigenvalue weighted by molar-refractivity contribution is 5.44. The lowest BCUT2D eigenvalue weighted by Gasteiger charge is -2.38. The van der Waals surface area contributed by atoms with E-state index in [1.807, 2.05) is 0 Å². The second kappa shape index (κ2) is 4.44. The van der Waals surface area contributed by atoms with Gasteiger partial charge in [-0.2, -0.15) is 13.2 Å². The number of nitrogens with one attached hydrogen (secondary N) is 1. The molecule has 0 unspecified atom stereocenters. The fourth-order valence-corrected chi connectivity index (χ4v) is 2.08. The van der Waals surface area contributed by atoms with Gasteiger partial charge < -0.3 is 15.2 Å². The fraction of sp³-hybridized carbons (Fsp3) is 0.500. The topological polar surface area (TPSA) is 41.5 Å². The average Bonchev–Trinajstić information content (AvgIpc) is 2.25. The number of ether oxygens (including phenoxy) is 1. The van der Waals surface area contributed by atoms with Crippen LogP contribution in [-0.2, 0) is 12.6 Å². The number of β-amino-alcohol motifs (C(OH)–C–C–N with tert-alkyl or cyclic N) is 1. The minimum absolute atomic E-state index is 0.146. The molecule has 1 aromatic rings. The molecule has 0 saturated carbocycles. The van der Waals surface area contributed by atoms with Crippen LogP contribution < -0.4 is 10.1 Å². The molecular weight excluding hydrogens is 247 g/mol. The molecule has 0 spiro atoms. The molecule has 3 nitrogen and oxygen atoms in total. The van der Waals surface area contributed by atoms with Crippen LogP contribution in [0.5, 0.6) is 5.75 Å². The molecular formula is C12H14F3NO2. The number of hydrogen-bond acceptors (Lipinski definition) is 3. The van der Waals surface area contributed by atoms with Crippen LogP contribution in [0.1, 0.15) is 11.1 Å². The molecule has 2 rings (SSSR count). The van der Waals surface area contributed by atoms with Gasteiger partial charge in [0.05, 0.1) is 18.3 Å². The standard InChI is InChI=1S/C12H14F3NO2/c1-18-10-8(5-11(17)6-16-7-11)3-2-4-9(10)12(13,14)15/h2-4,16-17H,5-7H2,1H3. The van der Waals surface area contributed by atoms with Crippen molar-refractivity contribution < 1.29 is 23.0 Å². The Kier molecular flexibility index (Phi) is 3.25. The van der Waals surface area contributed by atoms with Crippen LogP contribution in [0.25, 0.3) is 0 Å². The minimum Gasteiger partial charge on any atom is -0.496 e. The lowest BCUT2D eigenvalue weighted by atomic mass is 9.88. The number of methoxy groups -OCH3 is 1. The highest BCUT2D eigenvalue weighted by Gasteiger charge is 2.38. The first kappa shape index (κ1) is 13.2. The summed E-state index contributed by atoms with van der Waals surface area (Å²) in [6.07, 6.45) is -4.31. The average molecular weight is 261 g/mol. The normalized spacial score (nSPS) is 18.3. The molecule has 18 heavy (non-hydrogen) atoms. The van der Waals surface area contributed by atoms with Crippen LogP contribution in [0.4, 0.5) is 13.2 Å². The maximum absolute atomic E-state index is 12.8. The lowest BCUT2D eigenvalue weighted by Crippen LogP contribution is -2.60. The Morgan fingerprint density at radius 3 is 2.50 bits per heavy atom. The van der Waals surface area contributed by atoms with Gasteiger partial charge in [0.25, 0.3) is 0 Å². The zero-order chi connectivity index (χ0) is 13.4. The van der Waals surface area contributed by atoms with E-state index in [0.717, 1.165) is 6.07 Å². The van der Waals surface area contributed by atoms with Gasteiger partial charge in [0.2, 0.25) is 0 Å².